The summed E-state index contributed by atoms with van der Waals surface area (Å²) < 4.78 is 5.83. The van der Waals surface area contributed by atoms with Gasteiger partial charge in [0.1, 0.15) is 0 Å². The van der Waals surface area contributed by atoms with Gasteiger partial charge in [-0.25, -0.2) is 0 Å². The smallest absolute Gasteiger partial charge is 0.236 e. The Balaban J connectivity index is 1.23. The molecular weight excluding hydrogens is 352 g/mol. The number of ether oxygens (including phenoxy) is 1. The molecule has 2 atom stereocenters. The summed E-state index contributed by atoms with van der Waals surface area (Å²) in [5.41, 5.74) is 1.32. The van der Waals surface area contributed by atoms with Crippen LogP contribution in [-0.4, -0.2) is 72.4 Å². The van der Waals surface area contributed by atoms with Crippen molar-refractivity contribution < 1.29 is 14.6 Å². The number of benzene rings is 1. The molecule has 1 saturated carbocycles. The van der Waals surface area contributed by atoms with E-state index in [-0.39, 0.29) is 23.5 Å². The van der Waals surface area contributed by atoms with Gasteiger partial charge in [-0.2, -0.15) is 0 Å². The molecular formula is C23H34N2O3. The second-order valence-corrected chi connectivity index (χ2v) is 8.77. The molecule has 2 saturated heterocycles. The van der Waals surface area contributed by atoms with E-state index in [1.165, 1.54) is 5.56 Å². The van der Waals surface area contributed by atoms with Crippen molar-refractivity contribution in [1.82, 2.24) is 9.80 Å². The minimum absolute atomic E-state index is 0.110. The first-order valence-corrected chi connectivity index (χ1v) is 11.0. The average Bonchev–Trinajstić information content (AvgIpc) is 2.75. The lowest BCUT2D eigenvalue weighted by Gasteiger charge is -2.56. The fourth-order valence-electron chi connectivity index (χ4n) is 5.43. The number of piperidine rings is 2. The summed E-state index contributed by atoms with van der Waals surface area (Å²) in [4.78, 5) is 17.1. The molecule has 154 valence electrons. The standard InChI is InChI=1S/C23H34N2O3/c1-2-28-21-16-20(26)23(21)10-14-25(15-11-23)22(27)17-24-12-8-19(9-13-24)18-6-4-3-5-7-18/h3-7,19-21,26H,2,8-17H2,1H3. The van der Waals surface area contributed by atoms with Crippen molar-refractivity contribution in [2.45, 2.75) is 57.2 Å². The Kier molecular flexibility index (Phi) is 6.04. The number of aliphatic hydroxyl groups excluding tert-OH is 1. The van der Waals surface area contributed by atoms with Crippen molar-refractivity contribution in [3.05, 3.63) is 35.9 Å². The molecule has 0 bridgehead atoms. The van der Waals surface area contributed by atoms with E-state index in [1.54, 1.807) is 0 Å². The highest BCUT2D eigenvalue weighted by atomic mass is 16.5. The molecule has 1 aromatic rings. The Labute approximate surface area is 168 Å². The quantitative estimate of drug-likeness (QED) is 0.845. The van der Waals surface area contributed by atoms with Crippen molar-refractivity contribution in [3.63, 3.8) is 0 Å². The number of amides is 1. The van der Waals surface area contributed by atoms with Gasteiger partial charge in [0.2, 0.25) is 5.91 Å². The molecule has 3 aliphatic rings. The van der Waals surface area contributed by atoms with Crippen LogP contribution in [0.4, 0.5) is 0 Å². The Morgan fingerprint density at radius 2 is 1.82 bits per heavy atom. The van der Waals surface area contributed by atoms with E-state index in [0.717, 1.165) is 58.3 Å². The zero-order valence-electron chi connectivity index (χ0n) is 17.1. The largest absolute Gasteiger partial charge is 0.392 e. The maximum Gasteiger partial charge on any atom is 0.236 e. The number of carbonyl (C=O) groups is 1. The molecule has 2 aliphatic heterocycles. The lowest BCUT2D eigenvalue weighted by Crippen LogP contribution is -2.63. The lowest BCUT2D eigenvalue weighted by molar-refractivity contribution is -0.210. The molecule has 3 fully saturated rings. The van der Waals surface area contributed by atoms with Crippen LogP contribution in [0.5, 0.6) is 0 Å². The molecule has 0 radical (unpaired) electrons. The van der Waals surface area contributed by atoms with Crippen LogP contribution in [0.3, 0.4) is 0 Å². The van der Waals surface area contributed by atoms with Crippen molar-refractivity contribution in [1.29, 1.82) is 0 Å². The summed E-state index contributed by atoms with van der Waals surface area (Å²) in [5, 5.41) is 10.3. The van der Waals surface area contributed by atoms with Gasteiger partial charge in [-0.3, -0.25) is 9.69 Å². The number of rotatable bonds is 5. The van der Waals surface area contributed by atoms with Gasteiger partial charge in [-0.05, 0) is 57.2 Å². The van der Waals surface area contributed by atoms with Crippen LogP contribution in [0.25, 0.3) is 0 Å². The van der Waals surface area contributed by atoms with Crippen molar-refractivity contribution in [2.24, 2.45) is 5.41 Å². The zero-order valence-corrected chi connectivity index (χ0v) is 17.1. The average molecular weight is 387 g/mol. The molecule has 1 aromatic carbocycles. The molecule has 4 rings (SSSR count). The summed E-state index contributed by atoms with van der Waals surface area (Å²) in [5.74, 6) is 0.868. The molecule has 1 N–H and O–H groups in total. The van der Waals surface area contributed by atoms with Crippen LogP contribution in [0.1, 0.15) is 50.5 Å². The van der Waals surface area contributed by atoms with Gasteiger partial charge >= 0.3 is 0 Å². The molecule has 28 heavy (non-hydrogen) atoms. The van der Waals surface area contributed by atoms with Gasteiger partial charge in [0.05, 0.1) is 18.8 Å². The maximum absolute atomic E-state index is 12.8. The van der Waals surface area contributed by atoms with Crippen molar-refractivity contribution in [2.75, 3.05) is 39.3 Å². The first-order chi connectivity index (χ1) is 13.6. The SMILES string of the molecule is CCOC1CC(O)C12CCN(C(=O)CN1CCC(c3ccccc3)CC1)CC2. The molecule has 1 aliphatic carbocycles. The van der Waals surface area contributed by atoms with Gasteiger partial charge in [0.25, 0.3) is 0 Å². The third kappa shape index (κ3) is 3.85. The van der Waals surface area contributed by atoms with E-state index in [2.05, 4.69) is 35.2 Å². The topological polar surface area (TPSA) is 53.0 Å². The molecule has 2 unspecified atom stereocenters. The molecule has 2 heterocycles. The Morgan fingerprint density at radius 1 is 1.14 bits per heavy atom. The second kappa shape index (κ2) is 8.52. The summed E-state index contributed by atoms with van der Waals surface area (Å²) >= 11 is 0. The predicted octanol–water partition coefficient (Wildman–Crippen LogP) is 2.64. The highest BCUT2D eigenvalue weighted by Gasteiger charge is 2.56. The lowest BCUT2D eigenvalue weighted by atomic mass is 9.58. The summed E-state index contributed by atoms with van der Waals surface area (Å²) in [6.07, 6.45) is 4.63. The highest BCUT2D eigenvalue weighted by Crippen LogP contribution is 2.50. The number of likely N-dealkylation sites (tertiary alicyclic amines) is 2. The van der Waals surface area contributed by atoms with Gasteiger partial charge in [0.15, 0.2) is 0 Å². The van der Waals surface area contributed by atoms with Gasteiger partial charge in [0, 0.05) is 31.5 Å². The van der Waals surface area contributed by atoms with Gasteiger partial charge < -0.3 is 14.7 Å². The van der Waals surface area contributed by atoms with E-state index < -0.39 is 0 Å². The van der Waals surface area contributed by atoms with Crippen molar-refractivity contribution in [3.8, 4) is 0 Å². The summed E-state index contributed by atoms with van der Waals surface area (Å²) in [6, 6.07) is 10.7. The van der Waals surface area contributed by atoms with Crippen LogP contribution in [-0.2, 0) is 9.53 Å². The molecule has 1 spiro atoms. The van der Waals surface area contributed by atoms with Crippen LogP contribution >= 0.6 is 0 Å². The minimum atomic E-state index is -0.265. The number of aliphatic hydroxyl groups is 1. The van der Waals surface area contributed by atoms with Gasteiger partial charge in [-0.1, -0.05) is 30.3 Å². The molecule has 5 nitrogen and oxygen atoms in total. The summed E-state index contributed by atoms with van der Waals surface area (Å²) in [7, 11) is 0. The predicted molar refractivity (Wildman–Crippen MR) is 109 cm³/mol. The number of hydrogen-bond acceptors (Lipinski definition) is 4. The monoisotopic (exact) mass is 386 g/mol. The zero-order chi connectivity index (χ0) is 19.6. The minimum Gasteiger partial charge on any atom is -0.392 e. The number of nitrogens with zero attached hydrogens (tertiary/aromatic N) is 2. The fourth-order valence-corrected chi connectivity index (χ4v) is 5.43. The highest BCUT2D eigenvalue weighted by molar-refractivity contribution is 5.78. The Morgan fingerprint density at radius 3 is 2.43 bits per heavy atom. The third-order valence-corrected chi connectivity index (χ3v) is 7.37. The Bertz CT molecular complexity index is 647. The van der Waals surface area contributed by atoms with E-state index in [4.69, 9.17) is 4.74 Å². The molecule has 0 aromatic heterocycles. The van der Waals surface area contributed by atoms with E-state index in [9.17, 15) is 9.90 Å². The van der Waals surface area contributed by atoms with Crippen LogP contribution in [0.2, 0.25) is 0 Å². The van der Waals surface area contributed by atoms with E-state index >= 15 is 0 Å². The third-order valence-electron chi connectivity index (χ3n) is 7.37. The van der Waals surface area contributed by atoms with E-state index in [1.807, 2.05) is 11.8 Å². The van der Waals surface area contributed by atoms with Crippen molar-refractivity contribution >= 4 is 5.91 Å². The van der Waals surface area contributed by atoms with Crippen LogP contribution in [0.15, 0.2) is 30.3 Å². The second-order valence-electron chi connectivity index (χ2n) is 8.77. The molecule has 5 heteroatoms. The number of hydrogen-bond donors (Lipinski definition) is 1. The van der Waals surface area contributed by atoms with E-state index in [0.29, 0.717) is 19.1 Å². The van der Waals surface area contributed by atoms with Crippen LogP contribution < -0.4 is 0 Å². The Hall–Kier alpha value is -1.43. The number of carbonyl (C=O) groups excluding carboxylic acids is 1. The normalized spacial score (nSPS) is 28.3. The fraction of sp³-hybridized carbons (Fsp3) is 0.696. The first-order valence-electron chi connectivity index (χ1n) is 11.0. The molecule has 1 amide bonds. The maximum atomic E-state index is 12.8. The first kappa shape index (κ1) is 19.9. The van der Waals surface area contributed by atoms with Gasteiger partial charge in [-0.15, -0.1) is 0 Å². The van der Waals surface area contributed by atoms with Crippen LogP contribution in [0, 0.1) is 5.41 Å². The summed E-state index contributed by atoms with van der Waals surface area (Å²) in [6.45, 7) is 6.73.